The molecule has 0 bridgehead atoms. The van der Waals surface area contributed by atoms with E-state index in [1.165, 1.54) is 7.11 Å². The first kappa shape index (κ1) is 26.2. The second kappa shape index (κ2) is 13.4. The van der Waals surface area contributed by atoms with E-state index in [0.717, 1.165) is 11.1 Å². The zero-order valence-corrected chi connectivity index (χ0v) is 19.9. The summed E-state index contributed by atoms with van der Waals surface area (Å²) in [6.45, 7) is 0.0272. The van der Waals surface area contributed by atoms with Crippen LogP contribution in [0.1, 0.15) is 27.9 Å². The average molecular weight is 489 g/mol. The van der Waals surface area contributed by atoms with Crippen LogP contribution in [-0.2, 0) is 36.9 Å². The maximum absolute atomic E-state index is 13.2. The van der Waals surface area contributed by atoms with Gasteiger partial charge < -0.3 is 20.1 Å². The molecule has 2 amide bonds. The predicted molar refractivity (Wildman–Crippen MR) is 133 cm³/mol. The number of carbonyl (C=O) groups excluding carboxylic acids is 4. The molecule has 3 aromatic rings. The molecule has 0 spiro atoms. The third kappa shape index (κ3) is 8.09. The van der Waals surface area contributed by atoms with Gasteiger partial charge >= 0.3 is 11.9 Å². The molecule has 36 heavy (non-hydrogen) atoms. The van der Waals surface area contributed by atoms with E-state index >= 15 is 0 Å². The topological polar surface area (TPSA) is 111 Å². The molecule has 0 aliphatic rings. The quantitative estimate of drug-likeness (QED) is 0.402. The van der Waals surface area contributed by atoms with Crippen molar-refractivity contribution in [3.8, 4) is 0 Å². The lowest BCUT2D eigenvalue weighted by atomic mass is 10.0. The number of ether oxygens (including phenoxy) is 2. The number of nitrogens with one attached hydrogen (secondary N) is 2. The summed E-state index contributed by atoms with van der Waals surface area (Å²) in [6.07, 6.45) is -0.243. The van der Waals surface area contributed by atoms with Crippen LogP contribution < -0.4 is 10.6 Å². The van der Waals surface area contributed by atoms with Crippen molar-refractivity contribution in [2.24, 2.45) is 0 Å². The van der Waals surface area contributed by atoms with Gasteiger partial charge in [0.2, 0.25) is 5.91 Å². The van der Waals surface area contributed by atoms with E-state index in [-0.39, 0.29) is 13.0 Å². The molecule has 0 aromatic heterocycles. The van der Waals surface area contributed by atoms with Gasteiger partial charge in [0.15, 0.2) is 0 Å². The number of benzene rings is 3. The lowest BCUT2D eigenvalue weighted by Crippen LogP contribution is -2.53. The molecule has 2 atom stereocenters. The van der Waals surface area contributed by atoms with Crippen molar-refractivity contribution >= 4 is 23.8 Å². The van der Waals surface area contributed by atoms with Crippen LogP contribution in [0.4, 0.5) is 0 Å². The normalized spacial score (nSPS) is 12.0. The Balaban J connectivity index is 1.73. The average Bonchev–Trinajstić information content (AvgIpc) is 2.92. The molecule has 2 N–H and O–H groups in total. The minimum absolute atomic E-state index is 0.0272. The number of hydrogen-bond acceptors (Lipinski definition) is 6. The van der Waals surface area contributed by atoms with E-state index in [1.54, 1.807) is 42.5 Å². The molecule has 0 heterocycles. The molecule has 186 valence electrons. The highest BCUT2D eigenvalue weighted by Crippen LogP contribution is 2.08. The van der Waals surface area contributed by atoms with Gasteiger partial charge in [0.25, 0.3) is 5.91 Å². The Labute approximate surface area is 209 Å². The highest BCUT2D eigenvalue weighted by atomic mass is 16.5. The molecule has 3 rings (SSSR count). The Hall–Kier alpha value is -4.46. The fourth-order valence-electron chi connectivity index (χ4n) is 3.46. The second-order valence-corrected chi connectivity index (χ2v) is 8.02. The minimum atomic E-state index is -1.27. The van der Waals surface area contributed by atoms with Gasteiger partial charge in [-0.2, -0.15) is 0 Å². The summed E-state index contributed by atoms with van der Waals surface area (Å²) in [5.41, 5.74) is 1.91. The summed E-state index contributed by atoms with van der Waals surface area (Å²) in [6, 6.07) is 24.2. The highest BCUT2D eigenvalue weighted by molar-refractivity contribution is 5.99. The molecule has 0 saturated heterocycles. The fraction of sp³-hybridized carbons (Fsp3) is 0.214. The third-order valence-electron chi connectivity index (χ3n) is 5.36. The van der Waals surface area contributed by atoms with Crippen molar-refractivity contribution < 1.29 is 28.7 Å². The summed E-state index contributed by atoms with van der Waals surface area (Å²) >= 11 is 0. The zero-order valence-electron chi connectivity index (χ0n) is 19.9. The summed E-state index contributed by atoms with van der Waals surface area (Å²) in [4.78, 5) is 50.9. The smallest absolute Gasteiger partial charge is 0.328 e. The van der Waals surface area contributed by atoms with Crippen LogP contribution in [0.15, 0.2) is 91.0 Å². The summed E-state index contributed by atoms with van der Waals surface area (Å²) in [5, 5.41) is 5.20. The number of carbonyl (C=O) groups is 4. The van der Waals surface area contributed by atoms with Gasteiger partial charge in [-0.15, -0.1) is 0 Å². The maximum Gasteiger partial charge on any atom is 0.328 e. The molecule has 8 nitrogen and oxygen atoms in total. The number of esters is 2. The van der Waals surface area contributed by atoms with Gasteiger partial charge in [-0.25, -0.2) is 4.79 Å². The monoisotopic (exact) mass is 488 g/mol. The van der Waals surface area contributed by atoms with E-state index in [0.29, 0.717) is 5.56 Å². The first-order valence-electron chi connectivity index (χ1n) is 11.4. The van der Waals surface area contributed by atoms with Crippen molar-refractivity contribution in [3.63, 3.8) is 0 Å². The Morgan fingerprint density at radius 3 is 1.86 bits per heavy atom. The summed E-state index contributed by atoms with van der Waals surface area (Å²) < 4.78 is 10.2. The van der Waals surface area contributed by atoms with E-state index in [2.05, 4.69) is 10.6 Å². The molecular formula is C28H28N2O6. The van der Waals surface area contributed by atoms with Crippen molar-refractivity contribution in [2.45, 2.75) is 31.5 Å². The Kier molecular flexibility index (Phi) is 9.76. The lowest BCUT2D eigenvalue weighted by Gasteiger charge is -2.22. The Morgan fingerprint density at radius 2 is 1.28 bits per heavy atom. The Bertz CT molecular complexity index is 1150. The first-order valence-corrected chi connectivity index (χ1v) is 11.4. The molecule has 0 fully saturated rings. The van der Waals surface area contributed by atoms with Gasteiger partial charge in [0.1, 0.15) is 18.7 Å². The van der Waals surface area contributed by atoms with Crippen LogP contribution in [0.25, 0.3) is 0 Å². The number of hydrogen-bond donors (Lipinski definition) is 2. The molecule has 0 saturated carbocycles. The molecule has 0 radical (unpaired) electrons. The van der Waals surface area contributed by atoms with Crippen LogP contribution >= 0.6 is 0 Å². The van der Waals surface area contributed by atoms with Gasteiger partial charge in [0, 0.05) is 12.0 Å². The predicted octanol–water partition coefficient (Wildman–Crippen LogP) is 2.82. The standard InChI is InChI=1S/C28H28N2O6/c1-35-28(34)24(17-20-11-5-2-6-12-20)30-27(33)23(29-26(32)22-15-9-4-10-16-22)18-25(31)36-19-21-13-7-3-8-14-21/h2-16,23-24H,17-19H2,1H3,(H,29,32)(H,30,33). The molecule has 0 aliphatic heterocycles. The van der Waals surface area contributed by atoms with Crippen molar-refractivity contribution in [1.82, 2.24) is 10.6 Å². The van der Waals surface area contributed by atoms with Crippen LogP contribution in [-0.4, -0.2) is 42.9 Å². The van der Waals surface area contributed by atoms with E-state index < -0.39 is 42.3 Å². The number of amides is 2. The van der Waals surface area contributed by atoms with Crippen LogP contribution in [0.3, 0.4) is 0 Å². The molecule has 2 unspecified atom stereocenters. The van der Waals surface area contributed by atoms with Crippen LogP contribution in [0, 0.1) is 0 Å². The van der Waals surface area contributed by atoms with Gasteiger partial charge in [-0.05, 0) is 23.3 Å². The van der Waals surface area contributed by atoms with Crippen LogP contribution in [0.2, 0.25) is 0 Å². The van der Waals surface area contributed by atoms with Crippen LogP contribution in [0.5, 0.6) is 0 Å². The Morgan fingerprint density at radius 1 is 0.722 bits per heavy atom. The van der Waals surface area contributed by atoms with Gasteiger partial charge in [-0.3, -0.25) is 14.4 Å². The summed E-state index contributed by atoms with van der Waals surface area (Å²) in [7, 11) is 1.22. The number of methoxy groups -OCH3 is 1. The van der Waals surface area contributed by atoms with Gasteiger partial charge in [0.05, 0.1) is 13.5 Å². The van der Waals surface area contributed by atoms with Crippen molar-refractivity contribution in [3.05, 3.63) is 108 Å². The third-order valence-corrected chi connectivity index (χ3v) is 5.36. The van der Waals surface area contributed by atoms with E-state index in [9.17, 15) is 19.2 Å². The molecular weight excluding hydrogens is 460 g/mol. The number of rotatable bonds is 11. The molecule has 8 heteroatoms. The van der Waals surface area contributed by atoms with E-state index in [4.69, 9.17) is 9.47 Å². The SMILES string of the molecule is COC(=O)C(Cc1ccccc1)NC(=O)C(CC(=O)OCc1ccccc1)NC(=O)c1ccccc1. The minimum Gasteiger partial charge on any atom is -0.467 e. The van der Waals surface area contributed by atoms with Crippen molar-refractivity contribution in [1.29, 1.82) is 0 Å². The fourth-order valence-corrected chi connectivity index (χ4v) is 3.46. The van der Waals surface area contributed by atoms with Gasteiger partial charge in [-0.1, -0.05) is 78.9 Å². The highest BCUT2D eigenvalue weighted by Gasteiger charge is 2.30. The summed E-state index contributed by atoms with van der Waals surface area (Å²) in [5.74, 6) is -2.57. The van der Waals surface area contributed by atoms with Crippen molar-refractivity contribution in [2.75, 3.05) is 7.11 Å². The zero-order chi connectivity index (χ0) is 25.8. The molecule has 3 aromatic carbocycles. The van der Waals surface area contributed by atoms with E-state index in [1.807, 2.05) is 48.5 Å². The lowest BCUT2D eigenvalue weighted by molar-refractivity contribution is -0.147. The molecule has 0 aliphatic carbocycles. The first-order chi connectivity index (χ1) is 17.5. The second-order valence-electron chi connectivity index (χ2n) is 8.02. The maximum atomic E-state index is 13.2. The largest absolute Gasteiger partial charge is 0.467 e.